The maximum absolute atomic E-state index is 12.7. The Morgan fingerprint density at radius 3 is 2.50 bits per heavy atom. The number of hydrogen-bond acceptors (Lipinski definition) is 3. The molecule has 3 nitrogen and oxygen atoms in total. The number of halogens is 3. The van der Waals surface area contributed by atoms with Gasteiger partial charge in [-0.25, -0.2) is 0 Å². The first-order valence-corrected chi connectivity index (χ1v) is 5.54. The van der Waals surface area contributed by atoms with Crippen molar-refractivity contribution in [3.8, 4) is 5.75 Å². The molecule has 1 aromatic rings. The highest BCUT2D eigenvalue weighted by Gasteiger charge is 2.34. The minimum absolute atomic E-state index is 0.124. The van der Waals surface area contributed by atoms with Crippen molar-refractivity contribution in [2.24, 2.45) is 5.73 Å². The Morgan fingerprint density at radius 2 is 2.06 bits per heavy atom. The van der Waals surface area contributed by atoms with Crippen LogP contribution in [0.3, 0.4) is 0 Å². The number of ether oxygens (including phenoxy) is 2. The van der Waals surface area contributed by atoms with E-state index in [0.717, 1.165) is 6.07 Å². The van der Waals surface area contributed by atoms with Crippen LogP contribution in [0.1, 0.15) is 11.1 Å². The van der Waals surface area contributed by atoms with Gasteiger partial charge in [0.05, 0.1) is 18.8 Å². The normalized spacial score (nSPS) is 16.2. The number of thiocarbonyl (C=S) groups is 1. The Kier molecular flexibility index (Phi) is 3.45. The average molecular weight is 277 g/mol. The van der Waals surface area contributed by atoms with Crippen molar-refractivity contribution in [3.05, 3.63) is 29.3 Å². The van der Waals surface area contributed by atoms with Crippen LogP contribution in [0.25, 0.3) is 0 Å². The lowest BCUT2D eigenvalue weighted by Crippen LogP contribution is -2.38. The van der Waals surface area contributed by atoms with Crippen LogP contribution in [0.4, 0.5) is 13.2 Å². The molecule has 1 aliphatic rings. The topological polar surface area (TPSA) is 44.5 Å². The fraction of sp³-hybridized carbons (Fsp3) is 0.364. The predicted molar refractivity (Wildman–Crippen MR) is 62.6 cm³/mol. The summed E-state index contributed by atoms with van der Waals surface area (Å²) in [7, 11) is 0. The first-order chi connectivity index (χ1) is 8.38. The Bertz CT molecular complexity index is 472. The highest BCUT2D eigenvalue weighted by Crippen LogP contribution is 2.34. The summed E-state index contributed by atoms with van der Waals surface area (Å²) in [4.78, 5) is -0.308. The molecule has 98 valence electrons. The van der Waals surface area contributed by atoms with Crippen molar-refractivity contribution >= 4 is 17.2 Å². The van der Waals surface area contributed by atoms with Gasteiger partial charge in [-0.2, -0.15) is 13.2 Å². The van der Waals surface area contributed by atoms with Crippen molar-refractivity contribution in [2.75, 3.05) is 13.2 Å². The van der Waals surface area contributed by atoms with Crippen LogP contribution >= 0.6 is 12.2 Å². The first-order valence-electron chi connectivity index (χ1n) is 5.13. The third kappa shape index (κ3) is 2.73. The van der Waals surface area contributed by atoms with Gasteiger partial charge in [-0.05, 0) is 18.2 Å². The van der Waals surface area contributed by atoms with Gasteiger partial charge in [-0.15, -0.1) is 0 Å². The molecule has 7 heteroatoms. The molecule has 0 unspecified atom stereocenters. The number of nitrogens with two attached hydrogens (primary N) is 1. The van der Waals surface area contributed by atoms with E-state index in [-0.39, 0.29) is 16.7 Å². The summed E-state index contributed by atoms with van der Waals surface area (Å²) < 4.78 is 48.4. The van der Waals surface area contributed by atoms with E-state index in [1.807, 2.05) is 0 Å². The zero-order chi connectivity index (χ0) is 13.3. The Hall–Kier alpha value is -1.34. The lowest BCUT2D eigenvalue weighted by Gasteiger charge is -2.27. The number of hydrogen-bond donors (Lipinski definition) is 1. The van der Waals surface area contributed by atoms with Crippen LogP contribution in [0.15, 0.2) is 18.2 Å². The number of alkyl halides is 3. The van der Waals surface area contributed by atoms with E-state index >= 15 is 0 Å². The van der Waals surface area contributed by atoms with Crippen molar-refractivity contribution in [1.29, 1.82) is 0 Å². The molecule has 0 spiro atoms. The fourth-order valence-corrected chi connectivity index (χ4v) is 1.69. The Balaban J connectivity index is 2.30. The lowest BCUT2D eigenvalue weighted by molar-refractivity contribution is -0.137. The molecular weight excluding hydrogens is 267 g/mol. The molecular formula is C11H10F3NO2S. The molecule has 1 aliphatic heterocycles. The highest BCUT2D eigenvalue weighted by molar-refractivity contribution is 7.80. The minimum atomic E-state index is -4.49. The van der Waals surface area contributed by atoms with Crippen LogP contribution < -0.4 is 10.5 Å². The molecule has 1 aromatic carbocycles. The lowest BCUT2D eigenvalue weighted by atomic mass is 10.1. The van der Waals surface area contributed by atoms with Crippen LogP contribution in [-0.4, -0.2) is 24.3 Å². The van der Waals surface area contributed by atoms with Gasteiger partial charge in [0, 0.05) is 5.56 Å². The maximum Gasteiger partial charge on any atom is 0.417 e. The minimum Gasteiger partial charge on any atom is -0.486 e. The van der Waals surface area contributed by atoms with E-state index in [1.165, 1.54) is 12.1 Å². The molecule has 0 atom stereocenters. The second-order valence-corrected chi connectivity index (χ2v) is 4.29. The van der Waals surface area contributed by atoms with E-state index in [1.54, 1.807) is 0 Å². The second kappa shape index (κ2) is 4.74. The van der Waals surface area contributed by atoms with Gasteiger partial charge in [-0.3, -0.25) is 0 Å². The molecule has 1 saturated heterocycles. The molecule has 0 saturated carbocycles. The molecule has 2 N–H and O–H groups in total. The molecule has 2 rings (SSSR count). The quantitative estimate of drug-likeness (QED) is 0.860. The summed E-state index contributed by atoms with van der Waals surface area (Å²) in [5.41, 5.74) is 4.23. The highest BCUT2D eigenvalue weighted by atomic mass is 32.1. The second-order valence-electron chi connectivity index (χ2n) is 3.85. The molecule has 0 aromatic heterocycles. The van der Waals surface area contributed by atoms with Crippen molar-refractivity contribution in [2.45, 2.75) is 12.3 Å². The molecule has 0 bridgehead atoms. The predicted octanol–water partition coefficient (Wildman–Crippen LogP) is 2.12. The standard InChI is InChI=1S/C11H10F3NO2S/c12-11(13,14)9-2-1-6(3-8(9)10(15)18)17-7-4-16-5-7/h1-3,7H,4-5H2,(H2,15,18). The molecule has 0 radical (unpaired) electrons. The van der Waals surface area contributed by atoms with E-state index in [4.69, 9.17) is 15.2 Å². The third-order valence-electron chi connectivity index (χ3n) is 2.47. The maximum atomic E-state index is 12.7. The monoisotopic (exact) mass is 277 g/mol. The van der Waals surface area contributed by atoms with E-state index in [2.05, 4.69) is 12.2 Å². The smallest absolute Gasteiger partial charge is 0.417 e. The van der Waals surface area contributed by atoms with Gasteiger partial charge < -0.3 is 15.2 Å². The van der Waals surface area contributed by atoms with Gasteiger partial charge in [0.1, 0.15) is 16.8 Å². The van der Waals surface area contributed by atoms with Crippen LogP contribution in [-0.2, 0) is 10.9 Å². The summed E-state index contributed by atoms with van der Waals surface area (Å²) in [5.74, 6) is 0.305. The van der Waals surface area contributed by atoms with Gasteiger partial charge in [0.15, 0.2) is 0 Å². The fourth-order valence-electron chi connectivity index (χ4n) is 1.52. The van der Waals surface area contributed by atoms with E-state index < -0.39 is 11.7 Å². The van der Waals surface area contributed by atoms with Crippen LogP contribution in [0.5, 0.6) is 5.75 Å². The molecule has 18 heavy (non-hydrogen) atoms. The summed E-state index contributed by atoms with van der Waals surface area (Å²) in [6.45, 7) is 0.868. The largest absolute Gasteiger partial charge is 0.486 e. The zero-order valence-corrected chi connectivity index (χ0v) is 9.98. The summed E-state index contributed by atoms with van der Waals surface area (Å²) in [6.07, 6.45) is -4.61. The van der Waals surface area contributed by atoms with Crippen LogP contribution in [0.2, 0.25) is 0 Å². The molecule has 0 aliphatic carbocycles. The van der Waals surface area contributed by atoms with E-state index in [0.29, 0.717) is 19.0 Å². The van der Waals surface area contributed by atoms with Crippen molar-refractivity contribution in [3.63, 3.8) is 0 Å². The van der Waals surface area contributed by atoms with Gasteiger partial charge in [0.2, 0.25) is 0 Å². The molecule has 1 fully saturated rings. The summed E-state index contributed by atoms with van der Waals surface area (Å²) in [5, 5.41) is 0. The zero-order valence-electron chi connectivity index (χ0n) is 9.16. The average Bonchev–Trinajstić information content (AvgIpc) is 2.21. The molecule has 1 heterocycles. The van der Waals surface area contributed by atoms with Gasteiger partial charge in [0.25, 0.3) is 0 Å². The van der Waals surface area contributed by atoms with E-state index in [9.17, 15) is 13.2 Å². The van der Waals surface area contributed by atoms with Gasteiger partial charge in [-0.1, -0.05) is 12.2 Å². The Morgan fingerprint density at radius 1 is 1.39 bits per heavy atom. The Labute approximate surface area is 107 Å². The number of benzene rings is 1. The van der Waals surface area contributed by atoms with Gasteiger partial charge >= 0.3 is 6.18 Å². The van der Waals surface area contributed by atoms with Crippen molar-refractivity contribution in [1.82, 2.24) is 0 Å². The SMILES string of the molecule is NC(=S)c1cc(OC2COC2)ccc1C(F)(F)F. The summed E-state index contributed by atoms with van der Waals surface area (Å²) >= 11 is 4.63. The summed E-state index contributed by atoms with van der Waals surface area (Å²) in [6, 6.07) is 3.38. The van der Waals surface area contributed by atoms with Crippen molar-refractivity contribution < 1.29 is 22.6 Å². The molecule has 0 amide bonds. The van der Waals surface area contributed by atoms with Crippen LogP contribution in [0, 0.1) is 0 Å². The number of rotatable bonds is 3. The third-order valence-corrected chi connectivity index (χ3v) is 2.69. The first kappa shape index (κ1) is 13.1.